The maximum Gasteiger partial charge on any atom is 0.313 e. The van der Waals surface area contributed by atoms with Crippen molar-refractivity contribution < 1.29 is 9.53 Å². The molecular formula is C18H30O2. The van der Waals surface area contributed by atoms with Crippen LogP contribution in [0.1, 0.15) is 71.6 Å². The molecule has 2 heteroatoms. The minimum Gasteiger partial charge on any atom is -0.457 e. The Morgan fingerprint density at radius 2 is 1.75 bits per heavy atom. The Labute approximate surface area is 124 Å². The van der Waals surface area contributed by atoms with Crippen LogP contribution in [0.25, 0.3) is 0 Å². The Morgan fingerprint density at radius 1 is 1.00 bits per heavy atom. The summed E-state index contributed by atoms with van der Waals surface area (Å²) < 4.78 is 5.19. The van der Waals surface area contributed by atoms with Crippen LogP contribution in [-0.2, 0) is 9.53 Å². The van der Waals surface area contributed by atoms with Gasteiger partial charge in [0, 0.05) is 0 Å². The third-order valence-corrected chi connectivity index (χ3v) is 3.82. The number of cyclic esters (lactones) is 1. The third-order valence-electron chi connectivity index (χ3n) is 3.82. The first-order valence-corrected chi connectivity index (χ1v) is 8.33. The monoisotopic (exact) mass is 278 g/mol. The van der Waals surface area contributed by atoms with Gasteiger partial charge in [-0.2, -0.15) is 0 Å². The van der Waals surface area contributed by atoms with Gasteiger partial charge in [0.15, 0.2) is 0 Å². The molecule has 0 bridgehead atoms. The highest BCUT2D eigenvalue weighted by molar-refractivity contribution is 5.79. The minimum atomic E-state index is -0.00857. The average molecular weight is 278 g/mol. The van der Waals surface area contributed by atoms with Crippen LogP contribution in [0.4, 0.5) is 0 Å². The number of rotatable bonds is 11. The molecule has 0 radical (unpaired) electrons. The quantitative estimate of drug-likeness (QED) is 0.295. The van der Waals surface area contributed by atoms with Crippen LogP contribution >= 0.6 is 0 Å². The maximum atomic E-state index is 11.5. The molecule has 2 atom stereocenters. The first-order valence-electron chi connectivity index (χ1n) is 8.33. The smallest absolute Gasteiger partial charge is 0.313 e. The molecule has 1 aliphatic heterocycles. The summed E-state index contributed by atoms with van der Waals surface area (Å²) in [6.07, 6.45) is 19.2. The standard InChI is InChI=1S/C18H30O2/c1-3-5-7-9-11-12-14-16-17(20-18(16)19)15-13-10-8-6-4-2/h8,10,13,15-17H,3-7,9,11-12,14H2,1-2H3. The second kappa shape index (κ2) is 10.7. The highest BCUT2D eigenvalue weighted by Gasteiger charge is 2.39. The number of carbonyl (C=O) groups is 1. The summed E-state index contributed by atoms with van der Waals surface area (Å²) in [4.78, 5) is 11.5. The van der Waals surface area contributed by atoms with E-state index in [4.69, 9.17) is 4.74 Å². The normalized spacial score (nSPS) is 22.4. The number of carbonyl (C=O) groups excluding carboxylic acids is 1. The highest BCUT2D eigenvalue weighted by atomic mass is 16.6. The zero-order valence-corrected chi connectivity index (χ0v) is 13.1. The first-order chi connectivity index (χ1) is 9.79. The molecule has 0 aliphatic carbocycles. The van der Waals surface area contributed by atoms with Gasteiger partial charge in [0.05, 0.1) is 5.92 Å². The zero-order valence-electron chi connectivity index (χ0n) is 13.1. The Bertz CT molecular complexity index is 317. The van der Waals surface area contributed by atoms with Crippen LogP contribution in [0.3, 0.4) is 0 Å². The van der Waals surface area contributed by atoms with Crippen LogP contribution in [0.2, 0.25) is 0 Å². The van der Waals surface area contributed by atoms with E-state index in [1.165, 1.54) is 38.5 Å². The summed E-state index contributed by atoms with van der Waals surface area (Å²) in [6, 6.07) is 0. The van der Waals surface area contributed by atoms with Gasteiger partial charge in [-0.25, -0.2) is 0 Å². The van der Waals surface area contributed by atoms with Gasteiger partial charge in [-0.1, -0.05) is 77.0 Å². The summed E-state index contributed by atoms with van der Waals surface area (Å²) in [6.45, 7) is 4.40. The average Bonchev–Trinajstić information content (AvgIpc) is 2.45. The fraction of sp³-hybridized carbons (Fsp3) is 0.722. The minimum absolute atomic E-state index is 0.00857. The number of hydrogen-bond acceptors (Lipinski definition) is 2. The predicted octanol–water partition coefficient (Wildman–Crippen LogP) is 5.19. The summed E-state index contributed by atoms with van der Waals surface area (Å²) in [7, 11) is 0. The first kappa shape index (κ1) is 17.0. The van der Waals surface area contributed by atoms with E-state index >= 15 is 0 Å². The molecule has 114 valence electrons. The molecule has 20 heavy (non-hydrogen) atoms. The number of unbranched alkanes of at least 4 members (excludes halogenated alkanes) is 6. The Balaban J connectivity index is 2.14. The molecule has 1 heterocycles. The molecule has 0 N–H and O–H groups in total. The van der Waals surface area contributed by atoms with E-state index in [1.54, 1.807) is 0 Å². The maximum absolute atomic E-state index is 11.5. The molecule has 2 unspecified atom stereocenters. The number of allylic oxidation sites excluding steroid dienone is 3. The van der Waals surface area contributed by atoms with Crippen molar-refractivity contribution >= 4 is 5.97 Å². The lowest BCUT2D eigenvalue weighted by molar-refractivity contribution is -0.178. The van der Waals surface area contributed by atoms with E-state index in [-0.39, 0.29) is 18.0 Å². The van der Waals surface area contributed by atoms with Crippen LogP contribution in [-0.4, -0.2) is 12.1 Å². The Kier molecular flexibility index (Phi) is 9.10. The Morgan fingerprint density at radius 3 is 2.45 bits per heavy atom. The van der Waals surface area contributed by atoms with Gasteiger partial charge in [0.25, 0.3) is 0 Å². The summed E-state index contributed by atoms with van der Waals surface area (Å²) >= 11 is 0. The van der Waals surface area contributed by atoms with Gasteiger partial charge in [0.1, 0.15) is 6.10 Å². The van der Waals surface area contributed by atoms with Crippen molar-refractivity contribution in [3.8, 4) is 0 Å². The molecule has 2 nitrogen and oxygen atoms in total. The van der Waals surface area contributed by atoms with Crippen molar-refractivity contribution in [3.63, 3.8) is 0 Å². The van der Waals surface area contributed by atoms with E-state index in [0.717, 1.165) is 19.3 Å². The van der Waals surface area contributed by atoms with E-state index in [9.17, 15) is 4.79 Å². The summed E-state index contributed by atoms with van der Waals surface area (Å²) in [5.41, 5.74) is 0. The molecule has 0 amide bonds. The molecule has 1 saturated heterocycles. The van der Waals surface area contributed by atoms with Gasteiger partial charge >= 0.3 is 5.97 Å². The van der Waals surface area contributed by atoms with Crippen molar-refractivity contribution in [3.05, 3.63) is 24.3 Å². The van der Waals surface area contributed by atoms with Gasteiger partial charge < -0.3 is 4.74 Å². The topological polar surface area (TPSA) is 26.3 Å². The lowest BCUT2D eigenvalue weighted by atomic mass is 9.90. The van der Waals surface area contributed by atoms with Crippen LogP contribution in [0.15, 0.2) is 24.3 Å². The Hall–Kier alpha value is -1.05. The fourth-order valence-corrected chi connectivity index (χ4v) is 2.48. The molecule has 1 rings (SSSR count). The van der Waals surface area contributed by atoms with Crippen molar-refractivity contribution in [2.24, 2.45) is 5.92 Å². The molecule has 0 aromatic heterocycles. The van der Waals surface area contributed by atoms with E-state index in [0.29, 0.717) is 0 Å². The third kappa shape index (κ3) is 6.40. The molecule has 0 aromatic carbocycles. The molecule has 0 aromatic rings. The van der Waals surface area contributed by atoms with Crippen molar-refractivity contribution in [1.82, 2.24) is 0 Å². The van der Waals surface area contributed by atoms with E-state index < -0.39 is 0 Å². The van der Waals surface area contributed by atoms with Gasteiger partial charge in [-0.3, -0.25) is 4.79 Å². The van der Waals surface area contributed by atoms with Gasteiger partial charge in [0.2, 0.25) is 0 Å². The lowest BCUT2D eigenvalue weighted by Crippen LogP contribution is -2.43. The highest BCUT2D eigenvalue weighted by Crippen LogP contribution is 2.28. The summed E-state index contributed by atoms with van der Waals surface area (Å²) in [5, 5.41) is 0. The van der Waals surface area contributed by atoms with Crippen molar-refractivity contribution in [2.45, 2.75) is 77.7 Å². The summed E-state index contributed by atoms with van der Waals surface area (Å²) in [5.74, 6) is 0.0998. The SMILES string of the molecule is CCCC=CC=CC1OC(=O)C1CCCCCCCC. The molecule has 0 saturated carbocycles. The molecule has 1 fully saturated rings. The van der Waals surface area contributed by atoms with E-state index in [2.05, 4.69) is 26.0 Å². The van der Waals surface area contributed by atoms with Crippen molar-refractivity contribution in [2.75, 3.05) is 0 Å². The van der Waals surface area contributed by atoms with Crippen LogP contribution in [0.5, 0.6) is 0 Å². The largest absolute Gasteiger partial charge is 0.457 e. The molecular weight excluding hydrogens is 248 g/mol. The second-order valence-electron chi connectivity index (χ2n) is 5.67. The van der Waals surface area contributed by atoms with E-state index in [1.807, 2.05) is 12.2 Å². The number of hydrogen-bond donors (Lipinski definition) is 0. The molecule has 1 aliphatic rings. The zero-order chi connectivity index (χ0) is 14.6. The second-order valence-corrected chi connectivity index (χ2v) is 5.67. The molecule has 0 spiro atoms. The number of esters is 1. The predicted molar refractivity (Wildman–Crippen MR) is 84.6 cm³/mol. The van der Waals surface area contributed by atoms with Crippen LogP contribution < -0.4 is 0 Å². The number of ether oxygens (including phenoxy) is 1. The lowest BCUT2D eigenvalue weighted by Gasteiger charge is -2.33. The van der Waals surface area contributed by atoms with Gasteiger partial charge in [-0.15, -0.1) is 0 Å². The van der Waals surface area contributed by atoms with Gasteiger partial charge in [-0.05, 0) is 18.9 Å². The fourth-order valence-electron chi connectivity index (χ4n) is 2.48. The van der Waals surface area contributed by atoms with Crippen LogP contribution in [0, 0.1) is 5.92 Å². The van der Waals surface area contributed by atoms with Crippen molar-refractivity contribution in [1.29, 1.82) is 0 Å².